The first-order chi connectivity index (χ1) is 11.0. The lowest BCUT2D eigenvalue weighted by Crippen LogP contribution is -2.48. The van der Waals surface area contributed by atoms with Gasteiger partial charge in [0.1, 0.15) is 5.78 Å². The maximum Gasteiger partial charge on any atom is 0.139 e. The van der Waals surface area contributed by atoms with Crippen molar-refractivity contribution in [3.8, 4) is 12.3 Å². The van der Waals surface area contributed by atoms with Crippen LogP contribution in [-0.2, 0) is 4.79 Å². The molecule has 0 bridgehead atoms. The monoisotopic (exact) mass is 308 g/mol. The molecule has 1 heteroatoms. The van der Waals surface area contributed by atoms with Gasteiger partial charge in [0.25, 0.3) is 0 Å². The lowest BCUT2D eigenvalue weighted by molar-refractivity contribution is -0.127. The van der Waals surface area contributed by atoms with Gasteiger partial charge in [-0.2, -0.15) is 0 Å². The Morgan fingerprint density at radius 2 is 2.22 bits per heavy atom. The second-order valence-electron chi connectivity index (χ2n) is 8.64. The fourth-order valence-corrected chi connectivity index (χ4v) is 6.43. The maximum absolute atomic E-state index is 12.5. The summed E-state index contributed by atoms with van der Waals surface area (Å²) in [7, 11) is 0. The summed E-state index contributed by atoms with van der Waals surface area (Å²) in [6, 6.07) is 0. The van der Waals surface area contributed by atoms with Gasteiger partial charge in [-0.3, -0.25) is 4.79 Å². The molecule has 0 aromatic heterocycles. The van der Waals surface area contributed by atoms with E-state index in [0.717, 1.165) is 25.7 Å². The van der Waals surface area contributed by atoms with Crippen molar-refractivity contribution in [2.24, 2.45) is 28.6 Å². The predicted molar refractivity (Wildman–Crippen MR) is 93.6 cm³/mol. The minimum Gasteiger partial charge on any atom is -0.299 e. The van der Waals surface area contributed by atoms with Crippen molar-refractivity contribution in [2.45, 2.75) is 65.2 Å². The largest absolute Gasteiger partial charge is 0.299 e. The van der Waals surface area contributed by atoms with E-state index < -0.39 is 0 Å². The van der Waals surface area contributed by atoms with Crippen molar-refractivity contribution in [1.29, 1.82) is 0 Å². The highest BCUT2D eigenvalue weighted by Gasteiger charge is 2.58. The van der Waals surface area contributed by atoms with Crippen LogP contribution in [0.4, 0.5) is 0 Å². The molecule has 2 fully saturated rings. The Hall–Kier alpha value is -1.29. The van der Waals surface area contributed by atoms with E-state index in [-0.39, 0.29) is 10.8 Å². The molecular formula is C22H28O. The molecule has 0 aromatic carbocycles. The lowest BCUT2D eigenvalue weighted by atomic mass is 9.48. The second kappa shape index (κ2) is 5.10. The zero-order valence-corrected chi connectivity index (χ0v) is 14.5. The van der Waals surface area contributed by atoms with Crippen molar-refractivity contribution >= 4 is 5.78 Å². The quantitative estimate of drug-likeness (QED) is 0.488. The van der Waals surface area contributed by atoms with Crippen LogP contribution >= 0.6 is 0 Å². The molecule has 1 nitrogen and oxygen atoms in total. The fourth-order valence-electron chi connectivity index (χ4n) is 6.43. The zero-order chi connectivity index (χ0) is 16.2. The smallest absolute Gasteiger partial charge is 0.139 e. The van der Waals surface area contributed by atoms with Crippen LogP contribution in [0.15, 0.2) is 23.3 Å². The minimum atomic E-state index is -0.102. The van der Waals surface area contributed by atoms with Gasteiger partial charge >= 0.3 is 0 Å². The first-order valence-corrected chi connectivity index (χ1v) is 9.40. The molecular weight excluding hydrogens is 280 g/mol. The van der Waals surface area contributed by atoms with Gasteiger partial charge < -0.3 is 0 Å². The summed E-state index contributed by atoms with van der Waals surface area (Å²) in [6.45, 7) is 4.63. The molecule has 5 atom stereocenters. The summed E-state index contributed by atoms with van der Waals surface area (Å²) in [5, 5.41) is 0. The summed E-state index contributed by atoms with van der Waals surface area (Å²) in [5.41, 5.74) is 3.27. The number of hydrogen-bond acceptors (Lipinski definition) is 1. The second-order valence-corrected chi connectivity index (χ2v) is 8.64. The number of hydrogen-bond donors (Lipinski definition) is 0. The van der Waals surface area contributed by atoms with Crippen molar-refractivity contribution in [3.63, 3.8) is 0 Å². The normalized spacial score (nSPS) is 45.3. The topological polar surface area (TPSA) is 17.1 Å². The molecule has 122 valence electrons. The molecule has 4 rings (SSSR count). The molecule has 0 spiro atoms. The highest BCUT2D eigenvalue weighted by atomic mass is 16.1. The summed E-state index contributed by atoms with van der Waals surface area (Å²) in [5.74, 6) is 5.27. The molecule has 0 N–H and O–H groups in total. The van der Waals surface area contributed by atoms with E-state index in [0.29, 0.717) is 23.5 Å². The van der Waals surface area contributed by atoms with Crippen LogP contribution < -0.4 is 0 Å². The molecule has 0 aromatic rings. The SMILES string of the molecule is C#CC[C@]12CCCC=C1C[C@H](C)C1C2=CCC2(C)C(=O)CCC12. The summed E-state index contributed by atoms with van der Waals surface area (Å²) in [6.07, 6.45) is 19.3. The fraction of sp³-hybridized carbons (Fsp3) is 0.682. The number of terminal acetylenes is 1. The van der Waals surface area contributed by atoms with Crippen LogP contribution in [0.25, 0.3) is 0 Å². The molecule has 0 radical (unpaired) electrons. The van der Waals surface area contributed by atoms with Crippen molar-refractivity contribution in [2.75, 3.05) is 0 Å². The number of rotatable bonds is 1. The number of allylic oxidation sites excluding steroid dienone is 4. The summed E-state index contributed by atoms with van der Waals surface area (Å²) in [4.78, 5) is 12.5. The van der Waals surface area contributed by atoms with Gasteiger partial charge in [0.15, 0.2) is 0 Å². The van der Waals surface area contributed by atoms with Crippen LogP contribution in [0, 0.1) is 40.9 Å². The molecule has 0 amide bonds. The molecule has 2 saturated carbocycles. The highest BCUT2D eigenvalue weighted by molar-refractivity contribution is 5.87. The van der Waals surface area contributed by atoms with Gasteiger partial charge in [0.2, 0.25) is 0 Å². The number of fused-ring (bicyclic) bond motifs is 5. The Morgan fingerprint density at radius 1 is 1.39 bits per heavy atom. The first-order valence-electron chi connectivity index (χ1n) is 9.40. The Bertz CT molecular complexity index is 645. The van der Waals surface area contributed by atoms with E-state index in [2.05, 4.69) is 31.9 Å². The summed E-state index contributed by atoms with van der Waals surface area (Å²) >= 11 is 0. The number of carbonyl (C=O) groups excluding carboxylic acids is 1. The van der Waals surface area contributed by atoms with E-state index in [9.17, 15) is 4.79 Å². The molecule has 4 aliphatic rings. The molecule has 0 aliphatic heterocycles. The van der Waals surface area contributed by atoms with Crippen LogP contribution in [0.1, 0.15) is 65.2 Å². The number of carbonyl (C=O) groups is 1. The molecule has 0 heterocycles. The summed E-state index contributed by atoms with van der Waals surface area (Å²) < 4.78 is 0. The average Bonchev–Trinajstić information content (AvgIpc) is 2.84. The van der Waals surface area contributed by atoms with Crippen molar-refractivity contribution in [3.05, 3.63) is 23.3 Å². The third kappa shape index (κ3) is 1.90. The van der Waals surface area contributed by atoms with Crippen LogP contribution in [0.2, 0.25) is 0 Å². The Kier molecular flexibility index (Phi) is 3.38. The number of Topliss-reactive ketones (excluding diaryl/α,β-unsaturated/α-hetero) is 1. The van der Waals surface area contributed by atoms with Crippen molar-refractivity contribution in [1.82, 2.24) is 0 Å². The Labute approximate surface area is 140 Å². The maximum atomic E-state index is 12.5. The van der Waals surface area contributed by atoms with Crippen LogP contribution in [0.3, 0.4) is 0 Å². The third-order valence-electron chi connectivity index (χ3n) is 7.60. The highest BCUT2D eigenvalue weighted by Crippen LogP contribution is 2.64. The van der Waals surface area contributed by atoms with Gasteiger partial charge in [-0.25, -0.2) is 0 Å². The van der Waals surface area contributed by atoms with Gasteiger partial charge in [0, 0.05) is 23.7 Å². The van der Waals surface area contributed by atoms with Gasteiger partial charge in [0.05, 0.1) is 0 Å². The Balaban J connectivity index is 1.85. The van der Waals surface area contributed by atoms with Gasteiger partial charge in [-0.05, 0) is 56.3 Å². The average molecular weight is 308 g/mol. The third-order valence-corrected chi connectivity index (χ3v) is 7.60. The molecule has 3 unspecified atom stereocenters. The minimum absolute atomic E-state index is 0.102. The van der Waals surface area contributed by atoms with Crippen LogP contribution in [0.5, 0.6) is 0 Å². The van der Waals surface area contributed by atoms with Crippen LogP contribution in [-0.4, -0.2) is 5.78 Å². The Morgan fingerprint density at radius 3 is 3.00 bits per heavy atom. The molecule has 0 saturated heterocycles. The predicted octanol–water partition coefficient (Wildman–Crippen LogP) is 5.08. The van der Waals surface area contributed by atoms with Crippen molar-refractivity contribution < 1.29 is 4.79 Å². The van der Waals surface area contributed by atoms with E-state index in [4.69, 9.17) is 6.42 Å². The van der Waals surface area contributed by atoms with E-state index in [1.807, 2.05) is 0 Å². The van der Waals surface area contributed by atoms with Gasteiger partial charge in [-0.1, -0.05) is 37.1 Å². The van der Waals surface area contributed by atoms with E-state index in [1.165, 1.54) is 25.7 Å². The van der Waals surface area contributed by atoms with E-state index >= 15 is 0 Å². The lowest BCUT2D eigenvalue weighted by Gasteiger charge is -2.55. The standard InChI is InChI=1S/C22H28O/c1-4-11-22-12-6-5-7-16(22)14-15(2)20-17-8-9-19(23)21(17,3)13-10-18(20)22/h1,7,10,15,17,20H,5-6,8-9,11-14H2,2-3H3/t15-,17?,20?,21?,22-/m0/s1. The molecule has 4 aliphatic carbocycles. The van der Waals surface area contributed by atoms with Gasteiger partial charge in [-0.15, -0.1) is 12.3 Å². The first kappa shape index (κ1) is 15.3. The van der Waals surface area contributed by atoms with E-state index in [1.54, 1.807) is 11.1 Å². The molecule has 23 heavy (non-hydrogen) atoms. The zero-order valence-electron chi connectivity index (χ0n) is 14.5. The number of ketones is 1.